The Bertz CT molecular complexity index is 1060. The van der Waals surface area contributed by atoms with Gasteiger partial charge in [0.05, 0.1) is 17.3 Å². The predicted molar refractivity (Wildman–Crippen MR) is 98.3 cm³/mol. The van der Waals surface area contributed by atoms with Crippen LogP contribution >= 0.6 is 0 Å². The van der Waals surface area contributed by atoms with Gasteiger partial charge in [0, 0.05) is 42.7 Å². The van der Waals surface area contributed by atoms with Crippen molar-refractivity contribution in [1.29, 1.82) is 10.5 Å². The molecule has 1 aliphatic heterocycles. The molecule has 0 radical (unpaired) electrons. The first-order valence-corrected chi connectivity index (χ1v) is 8.33. The standard InChI is InChI=1S/C20H16N6/c21-10-13-3-5-14(6-4-13)26-9-1-2-18(26)19-15(11-22)20(23)25-17-7-8-24-12-16(17)19/h1-6,9,24H,7-8,12H2,(H2,23,25). The fourth-order valence-electron chi connectivity index (χ4n) is 3.41. The van der Waals surface area contributed by atoms with Crippen LogP contribution in [-0.2, 0) is 13.0 Å². The third-order valence-electron chi connectivity index (χ3n) is 4.64. The van der Waals surface area contributed by atoms with Gasteiger partial charge in [-0.25, -0.2) is 4.98 Å². The SMILES string of the molecule is N#Cc1ccc(-n2cccc2-c2c(C#N)c(N)nc3c2CNCC3)cc1. The minimum Gasteiger partial charge on any atom is -0.383 e. The first-order valence-electron chi connectivity index (χ1n) is 8.33. The normalized spacial score (nSPS) is 12.8. The molecule has 4 rings (SSSR count). The summed E-state index contributed by atoms with van der Waals surface area (Å²) in [6, 6.07) is 15.6. The number of nitrogens with one attached hydrogen (secondary N) is 1. The molecule has 0 fully saturated rings. The molecule has 3 heterocycles. The molecule has 26 heavy (non-hydrogen) atoms. The second kappa shape index (κ2) is 6.36. The predicted octanol–water partition coefficient (Wildman–Crippen LogP) is 2.51. The largest absolute Gasteiger partial charge is 0.383 e. The molecule has 0 saturated carbocycles. The number of hydrogen-bond donors (Lipinski definition) is 2. The first kappa shape index (κ1) is 15.9. The van der Waals surface area contributed by atoms with Gasteiger partial charge in [0.2, 0.25) is 0 Å². The number of nitrogens with two attached hydrogens (primary N) is 1. The van der Waals surface area contributed by atoms with E-state index in [4.69, 9.17) is 11.0 Å². The Balaban J connectivity index is 1.95. The van der Waals surface area contributed by atoms with Crippen LogP contribution in [0.25, 0.3) is 16.9 Å². The number of benzene rings is 1. The molecule has 0 aliphatic carbocycles. The maximum absolute atomic E-state index is 9.69. The summed E-state index contributed by atoms with van der Waals surface area (Å²) >= 11 is 0. The van der Waals surface area contributed by atoms with Crippen molar-refractivity contribution in [1.82, 2.24) is 14.9 Å². The molecule has 0 bridgehead atoms. The highest BCUT2D eigenvalue weighted by atomic mass is 15.0. The van der Waals surface area contributed by atoms with Crippen LogP contribution in [0.3, 0.4) is 0 Å². The van der Waals surface area contributed by atoms with Crippen molar-refractivity contribution in [3.05, 3.63) is 65.0 Å². The van der Waals surface area contributed by atoms with Gasteiger partial charge < -0.3 is 15.6 Å². The van der Waals surface area contributed by atoms with Gasteiger partial charge in [-0.1, -0.05) is 0 Å². The number of anilines is 1. The number of rotatable bonds is 2. The fraction of sp³-hybridized carbons (Fsp3) is 0.150. The van der Waals surface area contributed by atoms with E-state index in [1.807, 2.05) is 35.0 Å². The van der Waals surface area contributed by atoms with Crippen LogP contribution in [0.15, 0.2) is 42.6 Å². The molecule has 0 amide bonds. The lowest BCUT2D eigenvalue weighted by Gasteiger charge is -2.22. The highest BCUT2D eigenvalue weighted by Crippen LogP contribution is 2.35. The molecule has 2 aromatic heterocycles. The minimum absolute atomic E-state index is 0.274. The second-order valence-corrected chi connectivity index (χ2v) is 6.13. The summed E-state index contributed by atoms with van der Waals surface area (Å²) in [5.41, 5.74) is 11.7. The Labute approximate surface area is 151 Å². The van der Waals surface area contributed by atoms with Crippen molar-refractivity contribution in [3.8, 4) is 29.1 Å². The van der Waals surface area contributed by atoms with Gasteiger partial charge in [-0.15, -0.1) is 0 Å². The molecule has 6 heteroatoms. The summed E-state index contributed by atoms with van der Waals surface area (Å²) in [6.07, 6.45) is 2.73. The molecule has 3 N–H and O–H groups in total. The Morgan fingerprint density at radius 2 is 1.92 bits per heavy atom. The van der Waals surface area contributed by atoms with Crippen molar-refractivity contribution in [2.45, 2.75) is 13.0 Å². The lowest BCUT2D eigenvalue weighted by Crippen LogP contribution is -2.26. The summed E-state index contributed by atoms with van der Waals surface area (Å²) in [5.74, 6) is 0.274. The number of nitriles is 2. The highest BCUT2D eigenvalue weighted by molar-refractivity contribution is 5.78. The van der Waals surface area contributed by atoms with Crippen LogP contribution in [0, 0.1) is 22.7 Å². The molecule has 6 nitrogen and oxygen atoms in total. The van der Waals surface area contributed by atoms with Gasteiger partial charge in [-0.3, -0.25) is 0 Å². The number of fused-ring (bicyclic) bond motifs is 1. The Morgan fingerprint density at radius 1 is 1.12 bits per heavy atom. The number of nitrogen functional groups attached to an aromatic ring is 1. The van der Waals surface area contributed by atoms with Crippen LogP contribution in [0.5, 0.6) is 0 Å². The maximum Gasteiger partial charge on any atom is 0.142 e. The van der Waals surface area contributed by atoms with E-state index < -0.39 is 0 Å². The molecule has 0 saturated heterocycles. The minimum atomic E-state index is 0.274. The molecule has 1 aliphatic rings. The van der Waals surface area contributed by atoms with Gasteiger partial charge in [0.15, 0.2) is 0 Å². The number of pyridine rings is 1. The average molecular weight is 340 g/mol. The van der Waals surface area contributed by atoms with Crippen LogP contribution in [0.2, 0.25) is 0 Å². The van der Waals surface area contributed by atoms with Crippen molar-refractivity contribution < 1.29 is 0 Å². The highest BCUT2D eigenvalue weighted by Gasteiger charge is 2.23. The molecular formula is C20H16N6. The summed E-state index contributed by atoms with van der Waals surface area (Å²) in [5, 5.41) is 22.0. The molecule has 0 atom stereocenters. The monoisotopic (exact) mass is 340 g/mol. The van der Waals surface area contributed by atoms with Crippen molar-refractivity contribution in [2.75, 3.05) is 12.3 Å². The van der Waals surface area contributed by atoms with E-state index in [1.165, 1.54) is 0 Å². The zero-order valence-electron chi connectivity index (χ0n) is 14.0. The van der Waals surface area contributed by atoms with Gasteiger partial charge in [-0.05, 0) is 42.0 Å². The number of nitrogens with zero attached hydrogens (tertiary/aromatic N) is 4. The lowest BCUT2D eigenvalue weighted by atomic mass is 9.94. The van der Waals surface area contributed by atoms with Crippen LogP contribution in [-0.4, -0.2) is 16.1 Å². The van der Waals surface area contributed by atoms with Crippen LogP contribution in [0.4, 0.5) is 5.82 Å². The Kier molecular flexibility index (Phi) is 3.89. The molecule has 0 spiro atoms. The number of hydrogen-bond acceptors (Lipinski definition) is 5. The van der Waals surface area contributed by atoms with E-state index in [0.717, 1.165) is 41.2 Å². The summed E-state index contributed by atoms with van der Waals surface area (Å²) < 4.78 is 2.01. The molecule has 126 valence electrons. The van der Waals surface area contributed by atoms with Crippen molar-refractivity contribution in [2.24, 2.45) is 0 Å². The third kappa shape index (κ3) is 2.50. The lowest BCUT2D eigenvalue weighted by molar-refractivity contribution is 0.632. The van der Waals surface area contributed by atoms with E-state index in [1.54, 1.807) is 12.1 Å². The zero-order chi connectivity index (χ0) is 18.1. The average Bonchev–Trinajstić information content (AvgIpc) is 3.16. The molecule has 3 aromatic rings. The van der Waals surface area contributed by atoms with E-state index in [0.29, 0.717) is 17.7 Å². The summed E-state index contributed by atoms with van der Waals surface area (Å²) in [7, 11) is 0. The van der Waals surface area contributed by atoms with E-state index in [9.17, 15) is 5.26 Å². The van der Waals surface area contributed by atoms with Crippen LogP contribution in [0.1, 0.15) is 22.4 Å². The Morgan fingerprint density at radius 3 is 2.65 bits per heavy atom. The molecule has 0 unspecified atom stereocenters. The van der Waals surface area contributed by atoms with Crippen LogP contribution < -0.4 is 11.1 Å². The first-order chi connectivity index (χ1) is 12.7. The molecule has 1 aromatic carbocycles. The van der Waals surface area contributed by atoms with E-state index in [-0.39, 0.29) is 5.82 Å². The number of aromatic nitrogens is 2. The van der Waals surface area contributed by atoms with Gasteiger partial charge in [0.1, 0.15) is 17.5 Å². The van der Waals surface area contributed by atoms with Gasteiger partial charge in [-0.2, -0.15) is 10.5 Å². The maximum atomic E-state index is 9.69. The van der Waals surface area contributed by atoms with Gasteiger partial charge >= 0.3 is 0 Å². The smallest absolute Gasteiger partial charge is 0.142 e. The van der Waals surface area contributed by atoms with Gasteiger partial charge in [0.25, 0.3) is 0 Å². The fourth-order valence-corrected chi connectivity index (χ4v) is 3.41. The van der Waals surface area contributed by atoms with E-state index >= 15 is 0 Å². The van der Waals surface area contributed by atoms with Crippen molar-refractivity contribution >= 4 is 5.82 Å². The summed E-state index contributed by atoms with van der Waals surface area (Å²) in [4.78, 5) is 4.45. The Hall–Kier alpha value is -3.61. The second-order valence-electron chi connectivity index (χ2n) is 6.13. The zero-order valence-corrected chi connectivity index (χ0v) is 14.0. The quantitative estimate of drug-likeness (QED) is 0.746. The third-order valence-corrected chi connectivity index (χ3v) is 4.64. The molecular weight excluding hydrogens is 324 g/mol. The van der Waals surface area contributed by atoms with E-state index in [2.05, 4.69) is 22.4 Å². The van der Waals surface area contributed by atoms with Crippen molar-refractivity contribution in [3.63, 3.8) is 0 Å². The topological polar surface area (TPSA) is 103 Å². The summed E-state index contributed by atoms with van der Waals surface area (Å²) in [6.45, 7) is 1.51.